The molecular weight excluding hydrogens is 168 g/mol. The average molecular weight is 182 g/mol. The van der Waals surface area contributed by atoms with E-state index in [1.165, 1.54) is 7.11 Å². The quantitative estimate of drug-likeness (QED) is 0.667. The summed E-state index contributed by atoms with van der Waals surface area (Å²) < 4.78 is 4.66. The summed E-state index contributed by atoms with van der Waals surface area (Å²) in [6, 6.07) is 0. The lowest BCUT2D eigenvalue weighted by Crippen LogP contribution is -2.04. The number of rotatable bonds is 2. The molecule has 0 atom stereocenters. The van der Waals surface area contributed by atoms with Crippen LogP contribution in [0.25, 0.3) is 0 Å². The van der Waals surface area contributed by atoms with E-state index in [2.05, 4.69) is 9.72 Å². The summed E-state index contributed by atoms with van der Waals surface area (Å²) >= 11 is 0. The third kappa shape index (κ3) is 1.58. The fourth-order valence-electron chi connectivity index (χ4n) is 1.43. The van der Waals surface area contributed by atoms with E-state index in [-0.39, 0.29) is 5.97 Å². The monoisotopic (exact) mass is 182 g/mol. The highest BCUT2D eigenvalue weighted by atomic mass is 16.5. The van der Waals surface area contributed by atoms with Crippen LogP contribution in [0.3, 0.4) is 0 Å². The second kappa shape index (κ2) is 3.62. The number of ether oxygens (including phenoxy) is 1. The lowest BCUT2D eigenvalue weighted by molar-refractivity contribution is 0.0599. The third-order valence-electron chi connectivity index (χ3n) is 2.13. The number of H-pyrrole nitrogens is 1. The number of methoxy groups -OCH3 is 1. The van der Waals surface area contributed by atoms with Crippen molar-refractivity contribution in [1.29, 1.82) is 0 Å². The van der Waals surface area contributed by atoms with E-state index in [0.29, 0.717) is 12.1 Å². The van der Waals surface area contributed by atoms with Crippen molar-refractivity contribution in [3.05, 3.63) is 22.5 Å². The number of carbonyl (C=O) groups is 1. The fourth-order valence-corrected chi connectivity index (χ4v) is 1.43. The summed E-state index contributed by atoms with van der Waals surface area (Å²) in [6.45, 7) is 4.10. The molecule has 0 saturated carbocycles. The lowest BCUT2D eigenvalue weighted by Gasteiger charge is -1.99. The van der Waals surface area contributed by atoms with E-state index < -0.39 is 0 Å². The molecule has 13 heavy (non-hydrogen) atoms. The molecule has 0 unspecified atom stereocenters. The summed E-state index contributed by atoms with van der Waals surface area (Å²) in [4.78, 5) is 14.4. The Balaban J connectivity index is 3.20. The average Bonchev–Trinajstić information content (AvgIpc) is 2.40. The second-order valence-corrected chi connectivity index (χ2v) is 2.92. The van der Waals surface area contributed by atoms with Gasteiger partial charge in [0.15, 0.2) is 0 Å². The molecule has 1 rings (SSSR count). The van der Waals surface area contributed by atoms with Crippen LogP contribution in [-0.2, 0) is 11.3 Å². The number of nitrogens with one attached hydrogen (secondary N) is 1. The molecule has 1 heterocycles. The van der Waals surface area contributed by atoms with Gasteiger partial charge < -0.3 is 15.5 Å². The Bertz CT molecular complexity index is 329. The highest BCUT2D eigenvalue weighted by Gasteiger charge is 2.17. The molecule has 0 aliphatic heterocycles. The lowest BCUT2D eigenvalue weighted by atomic mass is 10.1. The smallest absolute Gasteiger partial charge is 0.339 e. The zero-order valence-corrected chi connectivity index (χ0v) is 8.10. The molecule has 4 nitrogen and oxygen atoms in total. The van der Waals surface area contributed by atoms with Crippen LogP contribution in [-0.4, -0.2) is 18.1 Å². The number of nitrogens with two attached hydrogens (primary N) is 1. The van der Waals surface area contributed by atoms with E-state index in [4.69, 9.17) is 5.73 Å². The maximum Gasteiger partial charge on any atom is 0.339 e. The number of aromatic amines is 1. The summed E-state index contributed by atoms with van der Waals surface area (Å²) in [7, 11) is 1.37. The predicted molar refractivity (Wildman–Crippen MR) is 49.5 cm³/mol. The predicted octanol–water partition coefficient (Wildman–Crippen LogP) is 0.877. The van der Waals surface area contributed by atoms with Gasteiger partial charge in [-0.3, -0.25) is 0 Å². The Kier molecular flexibility index (Phi) is 2.72. The molecule has 0 aromatic carbocycles. The summed E-state index contributed by atoms with van der Waals surface area (Å²) in [5.74, 6) is -0.314. The number of hydrogen-bond acceptors (Lipinski definition) is 3. The minimum Gasteiger partial charge on any atom is -0.465 e. The molecule has 1 aromatic rings. The van der Waals surface area contributed by atoms with Gasteiger partial charge in [0.05, 0.1) is 12.7 Å². The molecule has 72 valence electrons. The Morgan fingerprint density at radius 2 is 2.15 bits per heavy atom. The minimum absolute atomic E-state index is 0.314. The molecule has 4 heteroatoms. The molecule has 0 aliphatic rings. The van der Waals surface area contributed by atoms with Crippen molar-refractivity contribution >= 4 is 5.97 Å². The van der Waals surface area contributed by atoms with Gasteiger partial charge in [-0.25, -0.2) is 4.79 Å². The zero-order valence-electron chi connectivity index (χ0n) is 8.10. The van der Waals surface area contributed by atoms with Crippen LogP contribution in [0, 0.1) is 13.8 Å². The summed E-state index contributed by atoms with van der Waals surface area (Å²) in [5.41, 5.74) is 8.67. The normalized spacial score (nSPS) is 10.2. The van der Waals surface area contributed by atoms with Crippen LogP contribution >= 0.6 is 0 Å². The molecule has 0 saturated heterocycles. The van der Waals surface area contributed by atoms with Crippen molar-refractivity contribution in [2.45, 2.75) is 20.4 Å². The van der Waals surface area contributed by atoms with Crippen LogP contribution in [0.5, 0.6) is 0 Å². The summed E-state index contributed by atoms with van der Waals surface area (Å²) in [6.07, 6.45) is 0. The van der Waals surface area contributed by atoms with Gasteiger partial charge in [0.1, 0.15) is 0 Å². The van der Waals surface area contributed by atoms with E-state index in [9.17, 15) is 4.79 Å². The molecular formula is C9H14N2O2. The van der Waals surface area contributed by atoms with Crippen molar-refractivity contribution in [2.75, 3.05) is 7.11 Å². The van der Waals surface area contributed by atoms with E-state index >= 15 is 0 Å². The minimum atomic E-state index is -0.314. The van der Waals surface area contributed by atoms with Gasteiger partial charge in [-0.1, -0.05) is 0 Å². The van der Waals surface area contributed by atoms with Gasteiger partial charge >= 0.3 is 5.97 Å². The van der Waals surface area contributed by atoms with Gasteiger partial charge in [-0.15, -0.1) is 0 Å². The van der Waals surface area contributed by atoms with Gasteiger partial charge in [0.25, 0.3) is 0 Å². The first kappa shape index (κ1) is 9.80. The molecule has 0 aliphatic carbocycles. The standard InChI is InChI=1S/C9H14N2O2/c1-5-7(4-10)11-6(2)8(5)9(12)13-3/h11H,4,10H2,1-3H3. The molecule has 0 radical (unpaired) electrons. The highest BCUT2D eigenvalue weighted by molar-refractivity contribution is 5.92. The molecule has 0 spiro atoms. The van der Waals surface area contributed by atoms with Crippen molar-refractivity contribution in [1.82, 2.24) is 4.98 Å². The molecule has 0 fully saturated rings. The Labute approximate surface area is 77.1 Å². The number of hydrogen-bond donors (Lipinski definition) is 2. The molecule has 0 amide bonds. The fraction of sp³-hybridized carbons (Fsp3) is 0.444. The van der Waals surface area contributed by atoms with E-state index in [1.54, 1.807) is 0 Å². The van der Waals surface area contributed by atoms with Crippen LogP contribution in [0.4, 0.5) is 0 Å². The maximum atomic E-state index is 11.3. The number of aromatic nitrogens is 1. The SMILES string of the molecule is COC(=O)c1c(C)[nH]c(CN)c1C. The van der Waals surface area contributed by atoms with Gasteiger partial charge in [0.2, 0.25) is 0 Å². The van der Waals surface area contributed by atoms with E-state index in [1.807, 2.05) is 13.8 Å². The Morgan fingerprint density at radius 3 is 2.54 bits per heavy atom. The first-order valence-electron chi connectivity index (χ1n) is 4.08. The molecule has 0 bridgehead atoms. The van der Waals surface area contributed by atoms with Crippen molar-refractivity contribution in [3.8, 4) is 0 Å². The Morgan fingerprint density at radius 1 is 1.54 bits per heavy atom. The Hall–Kier alpha value is -1.29. The van der Waals surface area contributed by atoms with Crippen LogP contribution < -0.4 is 5.73 Å². The number of carbonyl (C=O) groups excluding carboxylic acids is 1. The van der Waals surface area contributed by atoms with Crippen LogP contribution in [0.1, 0.15) is 27.3 Å². The van der Waals surface area contributed by atoms with E-state index in [0.717, 1.165) is 17.0 Å². The maximum absolute atomic E-state index is 11.3. The van der Waals surface area contributed by atoms with Crippen molar-refractivity contribution < 1.29 is 9.53 Å². The largest absolute Gasteiger partial charge is 0.465 e. The number of aryl methyl sites for hydroxylation is 1. The van der Waals surface area contributed by atoms with Crippen molar-refractivity contribution in [2.24, 2.45) is 5.73 Å². The van der Waals surface area contributed by atoms with Crippen LogP contribution in [0.2, 0.25) is 0 Å². The third-order valence-corrected chi connectivity index (χ3v) is 2.13. The molecule has 1 aromatic heterocycles. The zero-order chi connectivity index (χ0) is 10.0. The molecule has 3 N–H and O–H groups in total. The summed E-state index contributed by atoms with van der Waals surface area (Å²) in [5, 5.41) is 0. The highest BCUT2D eigenvalue weighted by Crippen LogP contribution is 2.17. The topological polar surface area (TPSA) is 68.1 Å². The van der Waals surface area contributed by atoms with Crippen LogP contribution in [0.15, 0.2) is 0 Å². The first-order valence-corrected chi connectivity index (χ1v) is 4.08. The second-order valence-electron chi connectivity index (χ2n) is 2.92. The van der Waals surface area contributed by atoms with Gasteiger partial charge in [0, 0.05) is 17.9 Å². The first-order chi connectivity index (χ1) is 6.11. The number of esters is 1. The van der Waals surface area contributed by atoms with Crippen molar-refractivity contribution in [3.63, 3.8) is 0 Å². The van der Waals surface area contributed by atoms with Gasteiger partial charge in [-0.2, -0.15) is 0 Å². The van der Waals surface area contributed by atoms with Gasteiger partial charge in [-0.05, 0) is 19.4 Å².